The lowest BCUT2D eigenvalue weighted by Crippen LogP contribution is -2.65. The Kier molecular flexibility index (Phi) is 30.5. The molecule has 21 N–H and O–H groups in total. The number of aromatic nitrogens is 2. The maximum atomic E-state index is 16.4. The number of carbonyl (C=O) groups excluding carboxylic acids is 10. The number of phenolic OH excluding ortho intramolecular Hbond substituents is 3. The van der Waals surface area contributed by atoms with Gasteiger partial charge in [-0.2, -0.15) is 4.98 Å². The van der Waals surface area contributed by atoms with Crippen LogP contribution >= 0.6 is 34.8 Å². The minimum atomic E-state index is -2.42. The van der Waals surface area contributed by atoms with E-state index < -0.39 is 277 Å². The van der Waals surface area contributed by atoms with Gasteiger partial charge in [0, 0.05) is 73.6 Å². The number of hydrogen-bond acceptors (Lipinski definition) is 30. The number of nitrogens with two attached hydrogens (primary N) is 1. The van der Waals surface area contributed by atoms with Gasteiger partial charge in [0.15, 0.2) is 30.5 Å². The van der Waals surface area contributed by atoms with E-state index in [1.54, 1.807) is 45.0 Å². The van der Waals surface area contributed by atoms with E-state index in [1.165, 1.54) is 69.2 Å². The van der Waals surface area contributed by atoms with E-state index in [0.717, 1.165) is 71.6 Å². The highest BCUT2D eigenvalue weighted by molar-refractivity contribution is 6.32. The van der Waals surface area contributed by atoms with Crippen molar-refractivity contribution in [1.82, 2.24) is 62.5 Å². The molecule has 11 bridgehead atoms. The van der Waals surface area contributed by atoms with Gasteiger partial charge in [0.1, 0.15) is 101 Å². The third kappa shape index (κ3) is 22.4. The molecule has 0 saturated carbocycles. The van der Waals surface area contributed by atoms with Crippen molar-refractivity contribution in [1.29, 1.82) is 0 Å². The number of hydrogen-bond donors (Lipinski definition) is 20. The first kappa shape index (κ1) is 95.9. The predicted molar refractivity (Wildman–Crippen MR) is 456 cm³/mol. The number of nitrogens with one attached hydrogen (secondary N) is 10. The average molecular weight is 1850 g/mol. The van der Waals surface area contributed by atoms with E-state index >= 15 is 24.0 Å². The number of aromatic hydroxyl groups is 3. The van der Waals surface area contributed by atoms with E-state index in [-0.39, 0.29) is 48.8 Å². The van der Waals surface area contributed by atoms with Gasteiger partial charge >= 0.3 is 5.69 Å². The van der Waals surface area contributed by atoms with Crippen LogP contribution in [0.15, 0.2) is 126 Å². The van der Waals surface area contributed by atoms with Gasteiger partial charge in [-0.05, 0) is 145 Å². The second-order valence-corrected chi connectivity index (χ2v) is 33.2. The Balaban J connectivity index is 0.998. The molecule has 1 aromatic heterocycles. The molecule has 688 valence electrons. The normalized spacial score (nSPS) is 25.5. The van der Waals surface area contributed by atoms with Crippen molar-refractivity contribution in [2.24, 2.45) is 11.7 Å². The van der Waals surface area contributed by atoms with Gasteiger partial charge in [0.2, 0.25) is 59.3 Å². The van der Waals surface area contributed by atoms with Gasteiger partial charge in [-0.25, -0.2) is 10.3 Å². The van der Waals surface area contributed by atoms with Crippen LogP contribution in [0.2, 0.25) is 15.1 Å². The highest BCUT2D eigenvalue weighted by Gasteiger charge is 2.52. The summed E-state index contributed by atoms with van der Waals surface area (Å²) in [5.41, 5.74) is 3.37. The Morgan fingerprint density at radius 3 is 2.00 bits per heavy atom. The zero-order valence-electron chi connectivity index (χ0n) is 69.9. The smallest absolute Gasteiger partial charge is 0.349 e. The van der Waals surface area contributed by atoms with Crippen molar-refractivity contribution in [2.45, 2.75) is 163 Å². The van der Waals surface area contributed by atoms with Crippen LogP contribution in [0, 0.1) is 5.92 Å². The van der Waals surface area contributed by atoms with Crippen LogP contribution in [0.5, 0.6) is 46.0 Å². The lowest BCUT2D eigenvalue weighted by Gasteiger charge is -2.48. The molecule has 7 aliphatic heterocycles. The number of fused-ring (bicyclic) bond motifs is 15. The van der Waals surface area contributed by atoms with Crippen LogP contribution in [-0.2, 0) is 73.5 Å². The zero-order chi connectivity index (χ0) is 93.5. The van der Waals surface area contributed by atoms with Crippen molar-refractivity contribution in [3.63, 3.8) is 0 Å². The number of phenols is 3. The molecule has 7 aliphatic rings. The van der Waals surface area contributed by atoms with Crippen molar-refractivity contribution < 1.29 is 127 Å². The number of primary amides is 1. The van der Waals surface area contributed by atoms with Gasteiger partial charge in [-0.15, -0.1) is 0 Å². The summed E-state index contributed by atoms with van der Waals surface area (Å²) < 4.78 is 40.7. The first-order valence-electron chi connectivity index (χ1n) is 40.3. The zero-order valence-corrected chi connectivity index (χ0v) is 72.2. The van der Waals surface area contributed by atoms with E-state index in [9.17, 15) is 74.7 Å². The molecule has 14 rings (SSSR count). The fraction of sp³-hybridized carbons (Fsp3) is 0.388. The summed E-state index contributed by atoms with van der Waals surface area (Å²) in [5, 5.41) is 130. The topological polar surface area (TPSA) is 602 Å². The molecule has 0 spiro atoms. The summed E-state index contributed by atoms with van der Waals surface area (Å²) in [4.78, 5) is 170. The Morgan fingerprint density at radius 1 is 0.729 bits per heavy atom. The molecule has 18 atom stereocenters. The minimum absolute atomic E-state index is 0.0421. The van der Waals surface area contributed by atoms with E-state index in [2.05, 4.69) is 52.8 Å². The number of benzene rings is 6. The number of halogens is 3. The minimum Gasteiger partial charge on any atom is -0.508 e. The molecule has 7 aromatic rings. The molecule has 10 amide bonds. The number of amides is 10. The van der Waals surface area contributed by atoms with Crippen molar-refractivity contribution in [2.75, 3.05) is 46.2 Å². The highest BCUT2D eigenvalue weighted by atomic mass is 35.5. The van der Waals surface area contributed by atoms with Crippen LogP contribution in [0.4, 0.5) is 5.82 Å². The third-order valence-corrected chi connectivity index (χ3v) is 22.8. The molecule has 0 radical (unpaired) electrons. The first-order valence-corrected chi connectivity index (χ1v) is 41.5. The van der Waals surface area contributed by atoms with Gasteiger partial charge in [0.05, 0.1) is 41.3 Å². The summed E-state index contributed by atoms with van der Waals surface area (Å²) in [5.74, 6) is -17.4. The third-order valence-electron chi connectivity index (χ3n) is 21.9. The van der Waals surface area contributed by atoms with Crippen LogP contribution in [0.1, 0.15) is 111 Å². The number of nitrogens with zero attached hydrogens (tertiary/aromatic N) is 3. The molecule has 41 nitrogen and oxygen atoms in total. The summed E-state index contributed by atoms with van der Waals surface area (Å²) in [7, 11) is 4.22. The number of ether oxygens (including phenoxy) is 6. The monoisotopic (exact) mass is 1850 g/mol. The Bertz CT molecular complexity index is 5540. The first-order chi connectivity index (χ1) is 61.2. The standard InChI is InChI=1S/C85H95Cl3N14O27/c1-36(2)24-49(90-5)76(115)98-67-69(110)40-12-17-53(47(87)26-40)125-55-28-42-29-56(73(55)129-83-74(72(113)71(112)57(34-103)127-83)128-62-33-85(4,75(114)37(3)124-62)91-21-23-102-22-20-59(94-84(102)122)93-60(108)19-10-38-8-14-43(86)15-9-38)126-54-18-13-41(27-48(54)88)70(111)68-81(120)97-66(82(121)100-123-35-61(109)101(6)7)46-30-44(104)31-52(106)63(46)45-25-39(11-16-51(45)105)64(78(117)99-68)96-79(118)65(42)95-77(116)50(32-58(89)107)92-80(67)119/h8-20,22,25-31,36-37,49-50,57,62,64-72,74-75,83,90-91,103-106,110-114H,21,23-24,32-35H2,1-7H3,(H2,89,107)(H,92,119)(H,95,116)(H,96,118)(H,97,120)(H,98,115)(H,99,117)(H,100,121)(H,93,94,108,122)/b19-10+/t37?,49?,50?,57?,62?,64?,65?,66-,67?,68?,69?,70?,71?,72?,74?,75?,83?,85-/m1/s1. The number of rotatable bonds is 23. The quantitative estimate of drug-likeness (QED) is 0.0317. The molecule has 8 heterocycles. The SMILES string of the molecule is CNC(CC(C)C)C(=O)NC1C(=O)NC(CC(N)=O)C(=O)NC2C(=O)NC3C(=O)NC(C(=O)N[C@@H](C(=O)NOCC(=O)N(C)C)c4cc(O)cc(O)c4-c4cc3ccc4O)C(O)c3ccc(c(Cl)c3)Oc3cc2cc(c3OC2OC(CO)C(O)C(O)C2OC2C[C@@](C)(NCCn3ccc(NC(=O)/C=C/c4ccc(Cl)cc4)nc3=O)C(O)C(C)O2)Oc2ccc(cc2Cl)C1O. The molecule has 44 heteroatoms. The van der Waals surface area contributed by atoms with Crippen LogP contribution < -0.4 is 79.0 Å². The number of hydroxylamine groups is 1. The average Bonchev–Trinajstić information content (AvgIpc) is 0.762. The van der Waals surface area contributed by atoms with Gasteiger partial charge in [-0.3, -0.25) is 57.4 Å². The summed E-state index contributed by atoms with van der Waals surface area (Å²) in [6.07, 6.45) is -15.5. The van der Waals surface area contributed by atoms with Crippen molar-refractivity contribution in [3.05, 3.63) is 180 Å². The molecule has 16 unspecified atom stereocenters. The molecule has 2 saturated heterocycles. The molecule has 129 heavy (non-hydrogen) atoms. The fourth-order valence-electron chi connectivity index (χ4n) is 15.1. The lowest BCUT2D eigenvalue weighted by molar-refractivity contribution is -0.334. The highest BCUT2D eigenvalue weighted by Crippen LogP contribution is 2.50. The van der Waals surface area contributed by atoms with E-state index in [1.807, 2.05) is 5.48 Å². The van der Waals surface area contributed by atoms with Crippen LogP contribution in [0.3, 0.4) is 0 Å². The summed E-state index contributed by atoms with van der Waals surface area (Å²) >= 11 is 20.4. The molecular formula is C85H95Cl3N14O27. The number of aliphatic hydroxyl groups is 6. The van der Waals surface area contributed by atoms with Gasteiger partial charge in [0.25, 0.3) is 11.8 Å². The fourth-order valence-corrected chi connectivity index (χ4v) is 15.6. The lowest BCUT2D eigenvalue weighted by atomic mass is 9.85. The molecule has 0 aliphatic carbocycles. The predicted octanol–water partition coefficient (Wildman–Crippen LogP) is 1.35. The summed E-state index contributed by atoms with van der Waals surface area (Å²) in [6, 6.07) is 7.05. The molecule has 2 fully saturated rings. The van der Waals surface area contributed by atoms with E-state index in [0.29, 0.717) is 10.6 Å². The van der Waals surface area contributed by atoms with Crippen molar-refractivity contribution >= 4 is 106 Å². The Hall–Kier alpha value is -12.2. The second-order valence-electron chi connectivity index (χ2n) is 31.9. The van der Waals surface area contributed by atoms with Crippen molar-refractivity contribution in [3.8, 4) is 57.1 Å². The number of likely N-dealkylation sites (N-methyl/N-ethyl adjacent to an activating group) is 2. The number of aliphatic hydroxyl groups excluding tert-OH is 6. The maximum absolute atomic E-state index is 16.4. The van der Waals surface area contributed by atoms with E-state index in [4.69, 9.17) is 73.8 Å². The Labute approximate surface area is 749 Å². The largest absolute Gasteiger partial charge is 0.508 e. The Morgan fingerprint density at radius 2 is 1.37 bits per heavy atom. The molecule has 6 aromatic carbocycles. The van der Waals surface area contributed by atoms with Gasteiger partial charge in [-0.1, -0.05) is 79.0 Å². The maximum Gasteiger partial charge on any atom is 0.349 e. The number of carbonyl (C=O) groups is 10. The second kappa shape index (κ2) is 41.1. The number of anilines is 1. The molecular weight excluding hydrogens is 1760 g/mol. The van der Waals surface area contributed by atoms with Gasteiger partial charge < -0.3 is 133 Å². The summed E-state index contributed by atoms with van der Waals surface area (Å²) in [6.45, 7) is 4.76. The van der Waals surface area contributed by atoms with Crippen LogP contribution in [-0.4, -0.2) is 239 Å². The van der Waals surface area contributed by atoms with Crippen LogP contribution in [0.25, 0.3) is 17.2 Å².